The SMILES string of the molecule is O=C(OC(c1cccc(F)c1)c1ccccn1)c1ccc(Cl)cc1. The van der Waals surface area contributed by atoms with Gasteiger partial charge in [0, 0.05) is 16.8 Å². The first-order valence-corrected chi connectivity index (χ1v) is 7.64. The van der Waals surface area contributed by atoms with Crippen molar-refractivity contribution in [1.82, 2.24) is 4.98 Å². The summed E-state index contributed by atoms with van der Waals surface area (Å²) in [4.78, 5) is 16.6. The molecule has 0 amide bonds. The number of hydrogen-bond acceptors (Lipinski definition) is 3. The Morgan fingerprint density at radius 3 is 2.50 bits per heavy atom. The lowest BCUT2D eigenvalue weighted by Gasteiger charge is -2.18. The Morgan fingerprint density at radius 2 is 1.83 bits per heavy atom. The molecular weight excluding hydrogens is 329 g/mol. The van der Waals surface area contributed by atoms with Crippen LogP contribution in [0.1, 0.15) is 27.7 Å². The van der Waals surface area contributed by atoms with Gasteiger partial charge in [0.1, 0.15) is 5.82 Å². The van der Waals surface area contributed by atoms with Crippen LogP contribution in [0.25, 0.3) is 0 Å². The summed E-state index contributed by atoms with van der Waals surface area (Å²) in [6, 6.07) is 17.6. The van der Waals surface area contributed by atoms with Crippen LogP contribution in [-0.2, 0) is 4.74 Å². The van der Waals surface area contributed by atoms with Gasteiger partial charge in [-0.25, -0.2) is 9.18 Å². The van der Waals surface area contributed by atoms with Gasteiger partial charge >= 0.3 is 5.97 Å². The highest BCUT2D eigenvalue weighted by atomic mass is 35.5. The Labute approximate surface area is 143 Å². The summed E-state index contributed by atoms with van der Waals surface area (Å²) in [5.74, 6) is -0.942. The summed E-state index contributed by atoms with van der Waals surface area (Å²) in [6.45, 7) is 0. The summed E-state index contributed by atoms with van der Waals surface area (Å²) in [6.07, 6.45) is 0.794. The molecule has 0 aliphatic rings. The molecule has 1 aromatic heterocycles. The number of rotatable bonds is 4. The average Bonchev–Trinajstić information content (AvgIpc) is 2.61. The van der Waals surface area contributed by atoms with Crippen molar-refractivity contribution in [3.8, 4) is 0 Å². The highest BCUT2D eigenvalue weighted by Crippen LogP contribution is 2.26. The van der Waals surface area contributed by atoms with Gasteiger partial charge in [-0.3, -0.25) is 4.98 Å². The molecule has 24 heavy (non-hydrogen) atoms. The Bertz CT molecular complexity index is 838. The maximum atomic E-state index is 13.6. The van der Waals surface area contributed by atoms with Crippen molar-refractivity contribution >= 4 is 17.6 Å². The van der Waals surface area contributed by atoms with E-state index >= 15 is 0 Å². The minimum Gasteiger partial charge on any atom is -0.447 e. The highest BCUT2D eigenvalue weighted by molar-refractivity contribution is 6.30. The van der Waals surface area contributed by atoms with Crippen molar-refractivity contribution in [3.63, 3.8) is 0 Å². The van der Waals surface area contributed by atoms with Crippen LogP contribution in [0.4, 0.5) is 4.39 Å². The Kier molecular flexibility index (Phi) is 4.87. The van der Waals surface area contributed by atoms with E-state index in [1.165, 1.54) is 12.1 Å². The standard InChI is InChI=1S/C19H13ClFNO2/c20-15-9-7-13(8-10-15)19(23)24-18(17-6-1-2-11-22-17)14-4-3-5-16(21)12-14/h1-12,18H. The first kappa shape index (κ1) is 16.1. The molecule has 5 heteroatoms. The van der Waals surface area contributed by atoms with Gasteiger partial charge < -0.3 is 4.74 Å². The molecule has 0 saturated carbocycles. The second kappa shape index (κ2) is 7.23. The second-order valence-corrected chi connectivity index (χ2v) is 5.54. The van der Waals surface area contributed by atoms with Gasteiger partial charge in [0.05, 0.1) is 11.3 Å². The molecule has 0 bridgehead atoms. The summed E-state index contributed by atoms with van der Waals surface area (Å²) in [7, 11) is 0. The van der Waals surface area contributed by atoms with Gasteiger partial charge in [0.2, 0.25) is 0 Å². The van der Waals surface area contributed by atoms with E-state index in [0.717, 1.165) is 0 Å². The van der Waals surface area contributed by atoms with Crippen molar-refractivity contribution in [2.75, 3.05) is 0 Å². The quantitative estimate of drug-likeness (QED) is 0.639. The molecule has 120 valence electrons. The third-order valence-electron chi connectivity index (χ3n) is 3.41. The molecule has 0 radical (unpaired) electrons. The number of benzene rings is 2. The largest absolute Gasteiger partial charge is 0.447 e. The lowest BCUT2D eigenvalue weighted by molar-refractivity contribution is 0.0370. The van der Waals surface area contributed by atoms with E-state index in [-0.39, 0.29) is 0 Å². The Morgan fingerprint density at radius 1 is 1.04 bits per heavy atom. The Hall–Kier alpha value is -2.72. The van der Waals surface area contributed by atoms with Gasteiger partial charge in [-0.05, 0) is 48.5 Å². The molecule has 0 N–H and O–H groups in total. The molecule has 1 heterocycles. The molecule has 0 aliphatic heterocycles. The maximum Gasteiger partial charge on any atom is 0.339 e. The van der Waals surface area contributed by atoms with Gasteiger partial charge in [-0.15, -0.1) is 0 Å². The van der Waals surface area contributed by atoms with E-state index in [9.17, 15) is 9.18 Å². The van der Waals surface area contributed by atoms with Crippen LogP contribution in [-0.4, -0.2) is 11.0 Å². The fourth-order valence-electron chi connectivity index (χ4n) is 2.26. The minimum atomic E-state index is -0.801. The highest BCUT2D eigenvalue weighted by Gasteiger charge is 2.21. The van der Waals surface area contributed by atoms with E-state index in [2.05, 4.69) is 4.98 Å². The lowest BCUT2D eigenvalue weighted by Crippen LogP contribution is -2.14. The maximum absolute atomic E-state index is 13.6. The zero-order valence-corrected chi connectivity index (χ0v) is 13.3. The average molecular weight is 342 g/mol. The van der Waals surface area contributed by atoms with Gasteiger partial charge in [-0.2, -0.15) is 0 Å². The summed E-state index contributed by atoms with van der Waals surface area (Å²) >= 11 is 5.83. The number of carbonyl (C=O) groups excluding carboxylic acids is 1. The van der Waals surface area contributed by atoms with Crippen molar-refractivity contribution in [3.05, 3.63) is 101 Å². The van der Waals surface area contributed by atoms with Crippen molar-refractivity contribution in [2.45, 2.75) is 6.10 Å². The number of esters is 1. The fraction of sp³-hybridized carbons (Fsp3) is 0.0526. The zero-order chi connectivity index (χ0) is 16.9. The van der Waals surface area contributed by atoms with Crippen molar-refractivity contribution in [2.24, 2.45) is 0 Å². The summed E-state index contributed by atoms with van der Waals surface area (Å²) in [5, 5.41) is 0.526. The number of carbonyl (C=O) groups is 1. The number of ether oxygens (including phenoxy) is 1. The van der Waals surface area contributed by atoms with Crippen LogP contribution in [0.3, 0.4) is 0 Å². The van der Waals surface area contributed by atoms with Crippen LogP contribution in [0, 0.1) is 5.82 Å². The number of aromatic nitrogens is 1. The molecule has 3 aromatic rings. The van der Waals surface area contributed by atoms with E-state index in [1.54, 1.807) is 60.8 Å². The third-order valence-corrected chi connectivity index (χ3v) is 3.66. The predicted molar refractivity (Wildman–Crippen MR) is 89.3 cm³/mol. The molecule has 0 saturated heterocycles. The Balaban J connectivity index is 1.93. The normalized spacial score (nSPS) is 11.8. The summed E-state index contributed by atoms with van der Waals surface area (Å²) in [5.41, 5.74) is 1.39. The monoisotopic (exact) mass is 341 g/mol. The van der Waals surface area contributed by atoms with E-state index in [4.69, 9.17) is 16.3 Å². The van der Waals surface area contributed by atoms with Crippen molar-refractivity contribution in [1.29, 1.82) is 0 Å². The van der Waals surface area contributed by atoms with Gasteiger partial charge in [0.25, 0.3) is 0 Å². The molecule has 0 fully saturated rings. The number of hydrogen-bond donors (Lipinski definition) is 0. The minimum absolute atomic E-state index is 0.358. The van der Waals surface area contributed by atoms with E-state index in [1.807, 2.05) is 0 Å². The second-order valence-electron chi connectivity index (χ2n) is 5.10. The first-order chi connectivity index (χ1) is 11.6. The molecule has 3 nitrogen and oxygen atoms in total. The van der Waals surface area contributed by atoms with Gasteiger partial charge in [-0.1, -0.05) is 29.8 Å². The van der Waals surface area contributed by atoms with Crippen LogP contribution in [0.2, 0.25) is 5.02 Å². The summed E-state index contributed by atoms with van der Waals surface area (Å²) < 4.78 is 19.2. The molecule has 1 unspecified atom stereocenters. The lowest BCUT2D eigenvalue weighted by atomic mass is 10.1. The predicted octanol–water partition coefficient (Wildman–Crippen LogP) is 4.82. The van der Waals surface area contributed by atoms with E-state index < -0.39 is 17.9 Å². The molecule has 3 rings (SSSR count). The zero-order valence-electron chi connectivity index (χ0n) is 12.5. The van der Waals surface area contributed by atoms with Crippen LogP contribution in [0.5, 0.6) is 0 Å². The molecule has 0 spiro atoms. The molecule has 0 aliphatic carbocycles. The number of halogens is 2. The molecule has 2 aromatic carbocycles. The topological polar surface area (TPSA) is 39.2 Å². The van der Waals surface area contributed by atoms with Gasteiger partial charge in [0.15, 0.2) is 6.10 Å². The first-order valence-electron chi connectivity index (χ1n) is 7.26. The molecular formula is C19H13ClFNO2. The fourth-order valence-corrected chi connectivity index (χ4v) is 2.39. The number of pyridine rings is 1. The molecule has 1 atom stereocenters. The van der Waals surface area contributed by atoms with Crippen LogP contribution >= 0.6 is 11.6 Å². The smallest absolute Gasteiger partial charge is 0.339 e. The number of nitrogens with zero attached hydrogens (tertiary/aromatic N) is 1. The van der Waals surface area contributed by atoms with Crippen LogP contribution < -0.4 is 0 Å². The van der Waals surface area contributed by atoms with E-state index in [0.29, 0.717) is 21.8 Å². The van der Waals surface area contributed by atoms with Crippen LogP contribution in [0.15, 0.2) is 72.9 Å². The van der Waals surface area contributed by atoms with Crippen molar-refractivity contribution < 1.29 is 13.9 Å². The third kappa shape index (κ3) is 3.78.